The zero-order valence-corrected chi connectivity index (χ0v) is 9.65. The second-order valence-corrected chi connectivity index (χ2v) is 4.08. The van der Waals surface area contributed by atoms with Gasteiger partial charge in [0.05, 0.1) is 6.54 Å². The van der Waals surface area contributed by atoms with Gasteiger partial charge in [-0.3, -0.25) is 0 Å². The molecule has 0 amide bonds. The first-order valence-corrected chi connectivity index (χ1v) is 5.17. The topological polar surface area (TPSA) is 12.0 Å². The molecule has 1 nitrogen and oxygen atoms in total. The van der Waals surface area contributed by atoms with Gasteiger partial charge in [-0.1, -0.05) is 23.8 Å². The number of hydrogen-bond donors (Lipinski definition) is 1. The van der Waals surface area contributed by atoms with Gasteiger partial charge in [0.1, 0.15) is 0 Å². The third-order valence-electron chi connectivity index (χ3n) is 2.50. The average Bonchev–Trinajstić information content (AvgIpc) is 2.13. The summed E-state index contributed by atoms with van der Waals surface area (Å²) < 4.78 is 36.1. The molecule has 1 aromatic carbocycles. The van der Waals surface area contributed by atoms with Gasteiger partial charge in [0.2, 0.25) is 0 Å². The highest BCUT2D eigenvalue weighted by atomic mass is 19.4. The summed E-state index contributed by atoms with van der Waals surface area (Å²) in [6, 6.07) is 5.47. The van der Waals surface area contributed by atoms with Gasteiger partial charge in [0.25, 0.3) is 0 Å². The molecule has 1 N–H and O–H groups in total. The maximum Gasteiger partial charge on any atom is 0.401 e. The summed E-state index contributed by atoms with van der Waals surface area (Å²) in [6.07, 6.45) is -4.16. The van der Waals surface area contributed by atoms with Crippen LogP contribution in [0.25, 0.3) is 0 Å². The van der Waals surface area contributed by atoms with Crippen molar-refractivity contribution in [3.63, 3.8) is 0 Å². The van der Waals surface area contributed by atoms with Crippen molar-refractivity contribution in [2.75, 3.05) is 6.54 Å². The molecule has 16 heavy (non-hydrogen) atoms. The van der Waals surface area contributed by atoms with E-state index in [0.717, 1.165) is 16.7 Å². The van der Waals surface area contributed by atoms with Crippen molar-refractivity contribution in [1.29, 1.82) is 0 Å². The maximum atomic E-state index is 12.0. The number of benzene rings is 1. The van der Waals surface area contributed by atoms with Gasteiger partial charge in [-0.25, -0.2) is 0 Å². The van der Waals surface area contributed by atoms with Crippen LogP contribution in [0.15, 0.2) is 18.2 Å². The molecule has 0 aromatic heterocycles. The Kier molecular flexibility index (Phi) is 3.97. The van der Waals surface area contributed by atoms with Crippen LogP contribution >= 0.6 is 0 Å². The first-order valence-electron chi connectivity index (χ1n) is 5.17. The molecule has 0 radical (unpaired) electrons. The molecule has 1 unspecified atom stereocenters. The fourth-order valence-corrected chi connectivity index (χ4v) is 1.69. The number of halogens is 3. The molecule has 1 atom stereocenters. The molecule has 0 saturated carbocycles. The van der Waals surface area contributed by atoms with E-state index in [1.54, 1.807) is 6.92 Å². The van der Waals surface area contributed by atoms with E-state index in [-0.39, 0.29) is 6.04 Å². The zero-order chi connectivity index (χ0) is 12.3. The van der Waals surface area contributed by atoms with Crippen LogP contribution in [0.2, 0.25) is 0 Å². The summed E-state index contributed by atoms with van der Waals surface area (Å²) >= 11 is 0. The van der Waals surface area contributed by atoms with E-state index in [0.29, 0.717) is 0 Å². The highest BCUT2D eigenvalue weighted by molar-refractivity contribution is 5.32. The Morgan fingerprint density at radius 3 is 2.38 bits per heavy atom. The molecule has 1 rings (SSSR count). The van der Waals surface area contributed by atoms with E-state index >= 15 is 0 Å². The first kappa shape index (κ1) is 13.0. The van der Waals surface area contributed by atoms with Gasteiger partial charge < -0.3 is 5.32 Å². The number of nitrogens with one attached hydrogen (secondary N) is 1. The largest absolute Gasteiger partial charge is 0.401 e. The maximum absolute atomic E-state index is 12.0. The van der Waals surface area contributed by atoms with Crippen LogP contribution in [0.3, 0.4) is 0 Å². The third kappa shape index (κ3) is 3.85. The van der Waals surface area contributed by atoms with Crippen molar-refractivity contribution in [3.8, 4) is 0 Å². The van der Waals surface area contributed by atoms with Gasteiger partial charge in [-0.05, 0) is 31.9 Å². The fourth-order valence-electron chi connectivity index (χ4n) is 1.69. The van der Waals surface area contributed by atoms with Crippen LogP contribution < -0.4 is 5.32 Å². The minimum atomic E-state index is -4.16. The number of rotatable bonds is 3. The standard InChI is InChI=1S/C12H16F3N/c1-8-4-5-11(9(2)6-8)10(3)16-7-12(13,14)15/h4-6,10,16H,7H2,1-3H3. The Hall–Kier alpha value is -1.03. The van der Waals surface area contributed by atoms with Crippen molar-refractivity contribution in [2.24, 2.45) is 0 Å². The molecule has 1 aromatic rings. The van der Waals surface area contributed by atoms with Gasteiger partial charge in [0, 0.05) is 6.04 Å². The summed E-state index contributed by atoms with van der Waals surface area (Å²) in [4.78, 5) is 0. The van der Waals surface area contributed by atoms with Crippen LogP contribution in [0.4, 0.5) is 13.2 Å². The lowest BCUT2D eigenvalue weighted by molar-refractivity contribution is -0.126. The summed E-state index contributed by atoms with van der Waals surface area (Å²) in [5, 5.41) is 2.47. The molecule has 0 spiro atoms. The van der Waals surface area contributed by atoms with E-state index in [4.69, 9.17) is 0 Å². The van der Waals surface area contributed by atoms with Crippen LogP contribution in [0.1, 0.15) is 29.7 Å². The van der Waals surface area contributed by atoms with Crippen molar-refractivity contribution < 1.29 is 13.2 Å². The number of aryl methyl sites for hydroxylation is 2. The van der Waals surface area contributed by atoms with Crippen LogP contribution in [0, 0.1) is 13.8 Å². The minimum absolute atomic E-state index is 0.290. The van der Waals surface area contributed by atoms with Gasteiger partial charge >= 0.3 is 6.18 Å². The molecule has 0 bridgehead atoms. The second kappa shape index (κ2) is 4.87. The fraction of sp³-hybridized carbons (Fsp3) is 0.500. The molecule has 4 heteroatoms. The molecule has 0 aliphatic carbocycles. The van der Waals surface area contributed by atoms with Crippen LogP contribution in [-0.4, -0.2) is 12.7 Å². The van der Waals surface area contributed by atoms with Gasteiger partial charge in [-0.15, -0.1) is 0 Å². The van der Waals surface area contributed by atoms with E-state index in [2.05, 4.69) is 5.32 Å². The average molecular weight is 231 g/mol. The van der Waals surface area contributed by atoms with E-state index < -0.39 is 12.7 Å². The third-order valence-corrected chi connectivity index (χ3v) is 2.50. The quantitative estimate of drug-likeness (QED) is 0.839. The predicted octanol–water partition coefficient (Wildman–Crippen LogP) is 3.52. The predicted molar refractivity (Wildman–Crippen MR) is 58.4 cm³/mol. The highest BCUT2D eigenvalue weighted by Crippen LogP contribution is 2.20. The molecule has 0 aliphatic rings. The normalized spacial score (nSPS) is 13.9. The molecule has 0 saturated heterocycles. The minimum Gasteiger partial charge on any atom is -0.302 e. The van der Waals surface area contributed by atoms with Crippen LogP contribution in [0.5, 0.6) is 0 Å². The first-order chi connectivity index (χ1) is 7.29. The molecular weight excluding hydrogens is 215 g/mol. The Bertz CT molecular complexity index is 358. The summed E-state index contributed by atoms with van der Waals surface area (Å²) in [5.74, 6) is 0. The SMILES string of the molecule is Cc1ccc(C(C)NCC(F)(F)F)c(C)c1. The second-order valence-electron chi connectivity index (χ2n) is 4.08. The Labute approximate surface area is 93.7 Å². The molecule has 0 aliphatic heterocycles. The highest BCUT2D eigenvalue weighted by Gasteiger charge is 2.27. The van der Waals surface area contributed by atoms with Gasteiger partial charge in [0.15, 0.2) is 0 Å². The smallest absolute Gasteiger partial charge is 0.302 e. The summed E-state index contributed by atoms with van der Waals surface area (Å²) in [7, 11) is 0. The summed E-state index contributed by atoms with van der Waals surface area (Å²) in [5.41, 5.74) is 3.04. The Morgan fingerprint density at radius 1 is 1.25 bits per heavy atom. The van der Waals surface area contributed by atoms with Crippen molar-refractivity contribution in [3.05, 3.63) is 34.9 Å². The van der Waals surface area contributed by atoms with E-state index in [9.17, 15) is 13.2 Å². The lowest BCUT2D eigenvalue weighted by Crippen LogP contribution is -2.31. The molecular formula is C12H16F3N. The Morgan fingerprint density at radius 2 is 1.88 bits per heavy atom. The molecule has 0 heterocycles. The lowest BCUT2D eigenvalue weighted by Gasteiger charge is -2.18. The lowest BCUT2D eigenvalue weighted by atomic mass is 10.0. The monoisotopic (exact) mass is 231 g/mol. The van der Waals surface area contributed by atoms with Crippen molar-refractivity contribution >= 4 is 0 Å². The molecule has 0 fully saturated rings. The summed E-state index contributed by atoms with van der Waals surface area (Å²) in [6.45, 7) is 4.66. The number of alkyl halides is 3. The Balaban J connectivity index is 2.70. The molecule has 90 valence electrons. The zero-order valence-electron chi connectivity index (χ0n) is 9.65. The van der Waals surface area contributed by atoms with Crippen LogP contribution in [-0.2, 0) is 0 Å². The van der Waals surface area contributed by atoms with Crippen molar-refractivity contribution in [1.82, 2.24) is 5.32 Å². The van der Waals surface area contributed by atoms with E-state index in [1.165, 1.54) is 0 Å². The van der Waals surface area contributed by atoms with Crippen molar-refractivity contribution in [2.45, 2.75) is 33.0 Å². The number of hydrogen-bond acceptors (Lipinski definition) is 1. The van der Waals surface area contributed by atoms with E-state index in [1.807, 2.05) is 32.0 Å². The van der Waals surface area contributed by atoms with Gasteiger partial charge in [-0.2, -0.15) is 13.2 Å².